The first kappa shape index (κ1) is 29.5. The summed E-state index contributed by atoms with van der Waals surface area (Å²) in [5.41, 5.74) is 5.62. The van der Waals surface area contributed by atoms with Crippen molar-refractivity contribution in [2.75, 3.05) is 19.7 Å². The zero-order chi connectivity index (χ0) is 28.7. The lowest BCUT2D eigenvalue weighted by molar-refractivity contribution is -0.111. The Morgan fingerprint density at radius 1 is 0.950 bits per heavy atom. The number of sulfonamides is 1. The molecule has 1 atom stereocenters. The van der Waals surface area contributed by atoms with E-state index in [-0.39, 0.29) is 29.9 Å². The Hall–Kier alpha value is -3.49. The monoisotopic (exact) mass is 562 g/mol. The van der Waals surface area contributed by atoms with E-state index < -0.39 is 22.2 Å². The highest BCUT2D eigenvalue weighted by Crippen LogP contribution is 2.44. The van der Waals surface area contributed by atoms with Gasteiger partial charge in [-0.05, 0) is 66.5 Å². The van der Waals surface area contributed by atoms with E-state index in [1.165, 1.54) is 15.4 Å². The van der Waals surface area contributed by atoms with E-state index >= 15 is 0 Å². The lowest BCUT2D eigenvalue weighted by Gasteiger charge is -2.29. The van der Waals surface area contributed by atoms with Crippen LogP contribution in [0.5, 0.6) is 0 Å². The summed E-state index contributed by atoms with van der Waals surface area (Å²) in [6.45, 7) is 6.62. The van der Waals surface area contributed by atoms with Gasteiger partial charge in [0.15, 0.2) is 0 Å². The number of alkyl carbamates (subject to hydrolysis) is 1. The van der Waals surface area contributed by atoms with Crippen LogP contribution in [-0.4, -0.2) is 50.8 Å². The minimum atomic E-state index is -3.83. The lowest BCUT2D eigenvalue weighted by atomic mass is 9.98. The molecule has 1 amide bonds. The number of hydrogen-bond donors (Lipinski definition) is 1. The summed E-state index contributed by atoms with van der Waals surface area (Å²) in [7, 11) is -3.83. The first-order valence-corrected chi connectivity index (χ1v) is 15.3. The number of hydrogen-bond acceptors (Lipinski definition) is 5. The van der Waals surface area contributed by atoms with E-state index in [0.717, 1.165) is 16.7 Å². The van der Waals surface area contributed by atoms with E-state index in [1.807, 2.05) is 45.0 Å². The van der Waals surface area contributed by atoms with Gasteiger partial charge in [-0.25, -0.2) is 13.2 Å². The number of rotatable bonds is 13. The van der Waals surface area contributed by atoms with Gasteiger partial charge in [0.2, 0.25) is 10.0 Å². The van der Waals surface area contributed by atoms with Gasteiger partial charge in [-0.15, -0.1) is 0 Å². The molecule has 0 aromatic heterocycles. The molecule has 1 aliphatic rings. The molecule has 0 spiro atoms. The molecule has 212 valence electrons. The van der Waals surface area contributed by atoms with Gasteiger partial charge in [0.25, 0.3) is 0 Å². The molecule has 0 heterocycles. The summed E-state index contributed by atoms with van der Waals surface area (Å²) in [6, 6.07) is 22.3. The number of nitrogens with zero attached hydrogens (tertiary/aromatic N) is 1. The molecule has 7 nitrogen and oxygen atoms in total. The van der Waals surface area contributed by atoms with Crippen molar-refractivity contribution in [2.24, 2.45) is 5.92 Å². The Morgan fingerprint density at radius 3 is 2.12 bits per heavy atom. The fourth-order valence-corrected chi connectivity index (χ4v) is 6.97. The molecule has 0 bridgehead atoms. The van der Waals surface area contributed by atoms with Gasteiger partial charge in [0, 0.05) is 19.0 Å². The van der Waals surface area contributed by atoms with Crippen molar-refractivity contribution < 1.29 is 22.7 Å². The Labute approximate surface area is 237 Å². The van der Waals surface area contributed by atoms with E-state index in [4.69, 9.17) is 4.74 Å². The van der Waals surface area contributed by atoms with Gasteiger partial charge in [-0.3, -0.25) is 0 Å². The predicted octanol–water partition coefficient (Wildman–Crippen LogP) is 5.92. The van der Waals surface area contributed by atoms with Crippen LogP contribution in [0, 0.1) is 12.8 Å². The summed E-state index contributed by atoms with van der Waals surface area (Å²) >= 11 is 0. The molecule has 3 aromatic rings. The highest BCUT2D eigenvalue weighted by Gasteiger charge is 2.32. The molecule has 3 aromatic carbocycles. The Kier molecular flexibility index (Phi) is 9.76. The van der Waals surface area contributed by atoms with Crippen LogP contribution in [0.2, 0.25) is 0 Å². The average molecular weight is 563 g/mol. The normalized spacial score (nSPS) is 13.6. The molecule has 1 N–H and O–H groups in total. The summed E-state index contributed by atoms with van der Waals surface area (Å²) in [6.07, 6.45) is 1.76. The quantitative estimate of drug-likeness (QED) is 0.206. The van der Waals surface area contributed by atoms with Crippen molar-refractivity contribution in [1.29, 1.82) is 0 Å². The average Bonchev–Trinajstić information content (AvgIpc) is 3.26. The Morgan fingerprint density at radius 2 is 1.55 bits per heavy atom. The van der Waals surface area contributed by atoms with Gasteiger partial charge in [0.1, 0.15) is 12.9 Å². The van der Waals surface area contributed by atoms with E-state index in [2.05, 4.69) is 29.6 Å². The van der Waals surface area contributed by atoms with Crippen LogP contribution < -0.4 is 5.32 Å². The van der Waals surface area contributed by atoms with Crippen molar-refractivity contribution in [3.05, 3.63) is 89.5 Å². The highest BCUT2D eigenvalue weighted by atomic mass is 32.2. The number of ether oxygens (including phenoxy) is 1. The second-order valence-electron chi connectivity index (χ2n) is 10.7. The molecule has 1 aliphatic carbocycles. The maximum absolute atomic E-state index is 13.4. The molecule has 0 unspecified atom stereocenters. The van der Waals surface area contributed by atoms with Crippen LogP contribution in [0.3, 0.4) is 0 Å². The van der Waals surface area contributed by atoms with Gasteiger partial charge in [-0.1, -0.05) is 80.1 Å². The summed E-state index contributed by atoms with van der Waals surface area (Å²) in [5.74, 6) is 0.0480. The molecule has 0 radical (unpaired) electrons. The number of amides is 1. The van der Waals surface area contributed by atoms with Gasteiger partial charge < -0.3 is 14.8 Å². The van der Waals surface area contributed by atoms with Crippen molar-refractivity contribution >= 4 is 22.4 Å². The maximum Gasteiger partial charge on any atom is 0.407 e. The largest absolute Gasteiger partial charge is 0.449 e. The highest BCUT2D eigenvalue weighted by molar-refractivity contribution is 7.89. The van der Waals surface area contributed by atoms with E-state index in [0.29, 0.717) is 32.1 Å². The van der Waals surface area contributed by atoms with Crippen LogP contribution in [-0.2, 0) is 19.6 Å². The van der Waals surface area contributed by atoms with Crippen molar-refractivity contribution in [1.82, 2.24) is 9.62 Å². The van der Waals surface area contributed by atoms with Crippen LogP contribution in [0.15, 0.2) is 77.7 Å². The number of nitrogens with one attached hydrogen (secondary N) is 1. The molecule has 0 saturated heterocycles. The zero-order valence-corrected chi connectivity index (χ0v) is 24.2. The minimum Gasteiger partial charge on any atom is -0.449 e. The fourth-order valence-electron chi connectivity index (χ4n) is 5.22. The zero-order valence-electron chi connectivity index (χ0n) is 23.4. The van der Waals surface area contributed by atoms with E-state index in [9.17, 15) is 18.0 Å². The second-order valence-corrected chi connectivity index (χ2v) is 12.6. The number of carbonyl (C=O) groups excluding carboxylic acids is 2. The minimum absolute atomic E-state index is 0.00563. The number of unbranched alkanes of at least 4 members (excludes halogenated alkanes) is 1. The van der Waals surface area contributed by atoms with Crippen molar-refractivity contribution in [3.63, 3.8) is 0 Å². The SMILES string of the molecule is Cc1ccc(S(=O)(=O)N(CC(C)C)[C@H](C=O)CCCCNC(=O)OCC2c3ccccc3-c3ccccc32)cc1. The van der Waals surface area contributed by atoms with Crippen LogP contribution >= 0.6 is 0 Å². The van der Waals surface area contributed by atoms with Crippen LogP contribution in [0.4, 0.5) is 4.79 Å². The van der Waals surface area contributed by atoms with Gasteiger partial charge in [0.05, 0.1) is 10.9 Å². The smallest absolute Gasteiger partial charge is 0.407 e. The topological polar surface area (TPSA) is 92.8 Å². The fraction of sp³-hybridized carbons (Fsp3) is 0.375. The van der Waals surface area contributed by atoms with Crippen molar-refractivity contribution in [2.45, 2.75) is 56.9 Å². The Balaban J connectivity index is 1.27. The molecular formula is C32H38N2O5S. The van der Waals surface area contributed by atoms with Gasteiger partial charge in [-0.2, -0.15) is 4.31 Å². The van der Waals surface area contributed by atoms with Gasteiger partial charge >= 0.3 is 6.09 Å². The Bertz CT molecular complexity index is 1370. The standard InChI is InChI=1S/C32H38N2O5S/c1-23(2)20-34(40(37,38)26-17-15-24(3)16-18-26)25(21-35)10-8-9-19-33-32(36)39-22-31-29-13-6-4-11-27(29)28-12-5-7-14-30(28)31/h4-7,11-18,21,23,25,31H,8-10,19-20,22H2,1-3H3,(H,33,36)/t25-/m0/s1. The third kappa shape index (κ3) is 6.80. The first-order chi connectivity index (χ1) is 19.2. The number of aryl methyl sites for hydroxylation is 1. The maximum atomic E-state index is 13.4. The van der Waals surface area contributed by atoms with E-state index in [1.54, 1.807) is 24.3 Å². The van der Waals surface area contributed by atoms with Crippen LogP contribution in [0.1, 0.15) is 55.7 Å². The summed E-state index contributed by atoms with van der Waals surface area (Å²) in [5, 5.41) is 2.79. The number of benzene rings is 3. The summed E-state index contributed by atoms with van der Waals surface area (Å²) < 4.78 is 33.7. The molecule has 8 heteroatoms. The van der Waals surface area contributed by atoms with Crippen LogP contribution in [0.25, 0.3) is 11.1 Å². The third-order valence-corrected chi connectivity index (χ3v) is 9.14. The third-order valence-electron chi connectivity index (χ3n) is 7.24. The molecule has 40 heavy (non-hydrogen) atoms. The summed E-state index contributed by atoms with van der Waals surface area (Å²) in [4.78, 5) is 24.6. The molecule has 0 saturated carbocycles. The number of carbonyl (C=O) groups is 2. The number of fused-ring (bicyclic) bond motifs is 3. The molecular weight excluding hydrogens is 524 g/mol. The van der Waals surface area contributed by atoms with Crippen molar-refractivity contribution in [3.8, 4) is 11.1 Å². The lowest BCUT2D eigenvalue weighted by Crippen LogP contribution is -2.43. The molecule has 0 fully saturated rings. The predicted molar refractivity (Wildman–Crippen MR) is 157 cm³/mol. The first-order valence-electron chi connectivity index (χ1n) is 13.8. The molecule has 4 rings (SSSR count). The molecule has 0 aliphatic heterocycles. The number of aldehydes is 1. The second kappa shape index (κ2) is 13.2.